The molecule has 0 aromatic heterocycles. The molecule has 4 heteroatoms. The van der Waals surface area contributed by atoms with E-state index in [9.17, 15) is 0 Å². The van der Waals surface area contributed by atoms with Crippen molar-refractivity contribution in [3.63, 3.8) is 0 Å². The second-order valence-electron chi connectivity index (χ2n) is 12.1. The molecule has 4 rings (SSSR count). The van der Waals surface area contributed by atoms with E-state index in [1.54, 1.807) is 0 Å². The molecule has 2 aromatic carbocycles. The van der Waals surface area contributed by atoms with Gasteiger partial charge in [0.2, 0.25) is 7.29 Å². The van der Waals surface area contributed by atoms with Crippen molar-refractivity contribution in [2.75, 3.05) is 13.1 Å². The van der Waals surface area contributed by atoms with Gasteiger partial charge in [0.1, 0.15) is 0 Å². The highest BCUT2D eigenvalue weighted by atomic mass is 31.2. The van der Waals surface area contributed by atoms with E-state index < -0.39 is 7.29 Å². The zero-order chi connectivity index (χ0) is 25.5. The first-order chi connectivity index (χ1) is 17.4. The van der Waals surface area contributed by atoms with Gasteiger partial charge >= 0.3 is 0 Å². The summed E-state index contributed by atoms with van der Waals surface area (Å²) in [6, 6.07) is 19.6. The van der Waals surface area contributed by atoms with Crippen molar-refractivity contribution in [1.29, 1.82) is 0 Å². The van der Waals surface area contributed by atoms with Gasteiger partial charge in [0, 0.05) is 23.7 Å². The normalized spacial score (nSPS) is 19.9. The van der Waals surface area contributed by atoms with Crippen LogP contribution in [0.5, 0.6) is 0 Å². The highest BCUT2D eigenvalue weighted by Gasteiger charge is 2.41. The maximum atomic E-state index is 15.8. The van der Waals surface area contributed by atoms with E-state index in [1.165, 1.54) is 74.8 Å². The van der Waals surface area contributed by atoms with Crippen LogP contribution in [0.4, 0.5) is 0 Å². The van der Waals surface area contributed by atoms with E-state index in [-0.39, 0.29) is 7.92 Å². The summed E-state index contributed by atoms with van der Waals surface area (Å²) in [5.74, 6) is 0.928. The average molecular weight is 526 g/mol. The summed E-state index contributed by atoms with van der Waals surface area (Å²) in [4.78, 5) is 0. The second-order valence-corrected chi connectivity index (χ2v) is 17.5. The summed E-state index contributed by atoms with van der Waals surface area (Å²) in [7, 11) is -3.32. The Hall–Kier alpha value is -0.940. The van der Waals surface area contributed by atoms with Gasteiger partial charge in [-0.2, -0.15) is 0 Å². The average Bonchev–Trinajstić information content (AvgIpc) is 2.89. The molecule has 36 heavy (non-hydrogen) atoms. The molecule has 0 spiro atoms. The smallest absolute Gasteiger partial charge is 0.207 e. The van der Waals surface area contributed by atoms with Crippen LogP contribution in [-0.4, -0.2) is 29.1 Å². The van der Waals surface area contributed by atoms with Gasteiger partial charge in [-0.3, -0.25) is 4.57 Å². The Labute approximate surface area is 222 Å². The van der Waals surface area contributed by atoms with Gasteiger partial charge in [-0.25, -0.2) is 4.67 Å². The predicted molar refractivity (Wildman–Crippen MR) is 161 cm³/mol. The third kappa shape index (κ3) is 6.54. The zero-order valence-electron chi connectivity index (χ0n) is 23.2. The molecule has 2 nitrogen and oxygen atoms in total. The molecule has 1 unspecified atom stereocenters. The minimum atomic E-state index is -2.99. The Kier molecular flexibility index (Phi) is 10.3. The highest BCUT2D eigenvalue weighted by Crippen LogP contribution is 2.57. The van der Waals surface area contributed by atoms with Gasteiger partial charge in [0.25, 0.3) is 0 Å². The van der Waals surface area contributed by atoms with E-state index >= 15 is 4.57 Å². The Morgan fingerprint density at radius 2 is 1.19 bits per heavy atom. The van der Waals surface area contributed by atoms with Gasteiger partial charge in [0.15, 0.2) is 0 Å². The van der Waals surface area contributed by atoms with Crippen LogP contribution in [0.25, 0.3) is 0 Å². The Bertz CT molecular complexity index is 949. The maximum absolute atomic E-state index is 15.8. The van der Waals surface area contributed by atoms with Crippen molar-refractivity contribution in [2.45, 2.75) is 103 Å². The summed E-state index contributed by atoms with van der Waals surface area (Å²) in [5.41, 5.74) is 1.59. The van der Waals surface area contributed by atoms with Crippen LogP contribution in [0, 0.1) is 11.8 Å². The van der Waals surface area contributed by atoms with Crippen LogP contribution in [0.2, 0.25) is 0 Å². The molecule has 0 N–H and O–H groups in total. The molecule has 2 aromatic rings. The fourth-order valence-corrected chi connectivity index (χ4v) is 14.4. The molecule has 0 heterocycles. The van der Waals surface area contributed by atoms with Crippen LogP contribution in [0.1, 0.15) is 91.9 Å². The summed E-state index contributed by atoms with van der Waals surface area (Å²) < 4.78 is 18.2. The first kappa shape index (κ1) is 28.1. The quantitative estimate of drug-likeness (QED) is 0.291. The van der Waals surface area contributed by atoms with E-state index in [4.69, 9.17) is 0 Å². The van der Waals surface area contributed by atoms with Crippen molar-refractivity contribution in [2.24, 2.45) is 11.8 Å². The topological polar surface area (TPSA) is 20.3 Å². The third-order valence-corrected chi connectivity index (χ3v) is 15.0. The SMILES string of the molecule is CC(C)CN(CC(C)C)P(=O)(c1ccccc1)c1ccccc1P(C1CCCCC1)C1CCCCC1. The lowest BCUT2D eigenvalue weighted by molar-refractivity contribution is 0.339. The Morgan fingerprint density at radius 1 is 0.722 bits per heavy atom. The molecule has 2 saturated carbocycles. The summed E-state index contributed by atoms with van der Waals surface area (Å²) in [6.45, 7) is 10.8. The molecule has 0 aliphatic heterocycles. The summed E-state index contributed by atoms with van der Waals surface area (Å²) in [5, 5.41) is 3.66. The fraction of sp³-hybridized carbons (Fsp3) is 0.625. The highest BCUT2D eigenvalue weighted by molar-refractivity contribution is 7.79. The number of hydrogen-bond acceptors (Lipinski definition) is 1. The van der Waals surface area contributed by atoms with Gasteiger partial charge < -0.3 is 0 Å². The van der Waals surface area contributed by atoms with E-state index in [0.717, 1.165) is 29.7 Å². The number of rotatable bonds is 10. The summed E-state index contributed by atoms with van der Waals surface area (Å²) in [6.07, 6.45) is 13.8. The molecule has 2 aliphatic rings. The largest absolute Gasteiger partial charge is 0.296 e. The standard InChI is InChI=1S/C32H49NOP2/c1-26(2)24-33(25-27(3)4)36(34,30-20-12-7-13-21-30)32-23-15-14-22-31(32)35(28-16-8-5-9-17-28)29-18-10-6-11-19-29/h7,12-15,20-23,26-29H,5-6,8-11,16-19,24-25H2,1-4H3. The van der Waals surface area contributed by atoms with Gasteiger partial charge in [-0.15, -0.1) is 0 Å². The molecule has 0 radical (unpaired) electrons. The predicted octanol–water partition coefficient (Wildman–Crippen LogP) is 8.30. The molecule has 0 amide bonds. The third-order valence-electron chi connectivity index (χ3n) is 8.08. The maximum Gasteiger partial charge on any atom is 0.207 e. The van der Waals surface area contributed by atoms with Crippen LogP contribution < -0.4 is 15.9 Å². The summed E-state index contributed by atoms with van der Waals surface area (Å²) >= 11 is 0. The molecule has 2 fully saturated rings. The van der Waals surface area contributed by atoms with Gasteiger partial charge in [-0.05, 0) is 72.3 Å². The zero-order valence-corrected chi connectivity index (χ0v) is 25.0. The van der Waals surface area contributed by atoms with Crippen LogP contribution >= 0.6 is 15.2 Å². The van der Waals surface area contributed by atoms with Crippen LogP contribution in [-0.2, 0) is 4.57 Å². The van der Waals surface area contributed by atoms with E-state index in [1.807, 2.05) is 0 Å². The van der Waals surface area contributed by atoms with Crippen molar-refractivity contribution in [3.05, 3.63) is 54.6 Å². The number of benzene rings is 2. The van der Waals surface area contributed by atoms with Crippen molar-refractivity contribution in [3.8, 4) is 0 Å². The van der Waals surface area contributed by atoms with Gasteiger partial charge in [-0.1, -0.05) is 111 Å². The lowest BCUT2D eigenvalue weighted by Crippen LogP contribution is -2.42. The number of nitrogens with zero attached hydrogens (tertiary/aromatic N) is 1. The molecule has 198 valence electrons. The minimum Gasteiger partial charge on any atom is -0.296 e. The minimum absolute atomic E-state index is 0.332. The Balaban J connectivity index is 1.89. The van der Waals surface area contributed by atoms with Gasteiger partial charge in [0.05, 0.1) is 0 Å². The molecular formula is C32H49NOP2. The molecule has 2 aliphatic carbocycles. The first-order valence-electron chi connectivity index (χ1n) is 14.7. The van der Waals surface area contributed by atoms with E-state index in [2.05, 4.69) is 87.0 Å². The molecular weight excluding hydrogens is 476 g/mol. The monoisotopic (exact) mass is 525 g/mol. The lowest BCUT2D eigenvalue weighted by atomic mass is 9.99. The van der Waals surface area contributed by atoms with Crippen molar-refractivity contribution >= 4 is 31.1 Å². The number of hydrogen-bond donors (Lipinski definition) is 0. The molecule has 0 bridgehead atoms. The van der Waals surface area contributed by atoms with E-state index in [0.29, 0.717) is 11.8 Å². The Morgan fingerprint density at radius 3 is 1.69 bits per heavy atom. The van der Waals surface area contributed by atoms with Crippen molar-refractivity contribution in [1.82, 2.24) is 4.67 Å². The van der Waals surface area contributed by atoms with Crippen LogP contribution in [0.3, 0.4) is 0 Å². The van der Waals surface area contributed by atoms with Crippen LogP contribution in [0.15, 0.2) is 54.6 Å². The lowest BCUT2D eigenvalue weighted by Gasteiger charge is -2.42. The fourth-order valence-electron chi connectivity index (χ4n) is 6.58. The molecule has 0 saturated heterocycles. The first-order valence-corrected chi connectivity index (χ1v) is 17.8. The molecule has 1 atom stereocenters. The second kappa shape index (κ2) is 13.2. The van der Waals surface area contributed by atoms with Crippen molar-refractivity contribution < 1.29 is 4.57 Å².